The average Bonchev–Trinajstić information content (AvgIpc) is 2.62. The number of carbonyl (C=O) groups excluding carboxylic acids is 1. The first-order valence-electron chi connectivity index (χ1n) is 5.36. The quantitative estimate of drug-likeness (QED) is 0.816. The lowest BCUT2D eigenvalue weighted by molar-refractivity contribution is -0.121. The van der Waals surface area contributed by atoms with Gasteiger partial charge < -0.3 is 14.8 Å². The number of rotatable bonds is 3. The van der Waals surface area contributed by atoms with E-state index in [-0.39, 0.29) is 18.2 Å². The predicted octanol–water partition coefficient (Wildman–Crippen LogP) is 2.44. The zero-order valence-corrected chi connectivity index (χ0v) is 10.1. The number of H-pyrrole nitrogens is 1. The molecule has 2 rings (SSSR count). The average molecular weight is 247 g/mol. The van der Waals surface area contributed by atoms with Gasteiger partial charge >= 0.3 is 0 Å². The third-order valence-corrected chi connectivity index (χ3v) is 2.44. The molecule has 0 atom stereocenters. The Balaban J connectivity index is 2.41. The van der Waals surface area contributed by atoms with Crippen molar-refractivity contribution in [1.82, 2.24) is 4.98 Å². The van der Waals surface area contributed by atoms with E-state index in [1.54, 1.807) is 0 Å². The number of methoxy groups -OCH3 is 1. The summed E-state index contributed by atoms with van der Waals surface area (Å²) in [5, 5.41) is 17.7. The highest BCUT2D eigenvalue weighted by atomic mass is 16.5. The highest BCUT2D eigenvalue weighted by Gasteiger charge is 2.10. The van der Waals surface area contributed by atoms with Crippen LogP contribution in [0.4, 0.5) is 5.69 Å². The highest BCUT2D eigenvalue weighted by Crippen LogP contribution is 2.35. The van der Waals surface area contributed by atoms with Crippen LogP contribution in [0, 0.1) is 6.92 Å². The normalized spacial score (nSPS) is 11.4. The van der Waals surface area contributed by atoms with E-state index in [0.29, 0.717) is 0 Å². The fourth-order valence-corrected chi connectivity index (χ4v) is 1.64. The summed E-state index contributed by atoms with van der Waals surface area (Å²) < 4.78 is 4.64. The SMILES string of the molecule is COCC(=O)N=Nc1c(O)[nH]c2ccc(C)cc12. The fraction of sp³-hybridized carbons (Fsp3) is 0.250. The molecule has 0 aliphatic rings. The summed E-state index contributed by atoms with van der Waals surface area (Å²) in [5.74, 6) is -0.608. The number of aromatic nitrogens is 1. The van der Waals surface area contributed by atoms with Crippen molar-refractivity contribution in [3.8, 4) is 5.88 Å². The minimum Gasteiger partial charge on any atom is -0.493 e. The predicted molar refractivity (Wildman–Crippen MR) is 66.1 cm³/mol. The molecule has 2 aromatic rings. The Morgan fingerprint density at radius 2 is 2.28 bits per heavy atom. The molecule has 0 aliphatic heterocycles. The lowest BCUT2D eigenvalue weighted by Crippen LogP contribution is -2.01. The van der Waals surface area contributed by atoms with E-state index in [2.05, 4.69) is 19.9 Å². The van der Waals surface area contributed by atoms with E-state index in [9.17, 15) is 9.90 Å². The molecule has 6 nitrogen and oxygen atoms in total. The molecule has 18 heavy (non-hydrogen) atoms. The van der Waals surface area contributed by atoms with Crippen LogP contribution in [0.5, 0.6) is 5.88 Å². The summed E-state index contributed by atoms with van der Waals surface area (Å²) >= 11 is 0. The Bertz CT molecular complexity index is 616. The van der Waals surface area contributed by atoms with Gasteiger partial charge in [-0.15, -0.1) is 10.2 Å². The molecule has 0 saturated heterocycles. The minimum absolute atomic E-state index is 0.107. The van der Waals surface area contributed by atoms with Crippen molar-refractivity contribution in [2.45, 2.75) is 6.92 Å². The number of hydrogen-bond donors (Lipinski definition) is 2. The zero-order valence-electron chi connectivity index (χ0n) is 10.1. The molecule has 0 saturated carbocycles. The van der Waals surface area contributed by atoms with Gasteiger partial charge in [0.25, 0.3) is 5.91 Å². The Labute approximate surface area is 103 Å². The maximum absolute atomic E-state index is 11.2. The largest absolute Gasteiger partial charge is 0.493 e. The summed E-state index contributed by atoms with van der Waals surface area (Å²) in [6, 6.07) is 5.61. The Morgan fingerprint density at radius 3 is 3.00 bits per heavy atom. The Hall–Kier alpha value is -2.21. The van der Waals surface area contributed by atoms with E-state index < -0.39 is 5.91 Å². The van der Waals surface area contributed by atoms with E-state index in [1.165, 1.54) is 7.11 Å². The molecule has 1 aromatic heterocycles. The Kier molecular flexibility index (Phi) is 3.38. The third-order valence-electron chi connectivity index (χ3n) is 2.44. The van der Waals surface area contributed by atoms with Crippen molar-refractivity contribution in [3.05, 3.63) is 23.8 Å². The van der Waals surface area contributed by atoms with E-state index in [1.807, 2.05) is 25.1 Å². The summed E-state index contributed by atoms with van der Waals surface area (Å²) in [6.07, 6.45) is 0. The summed E-state index contributed by atoms with van der Waals surface area (Å²) in [6.45, 7) is 1.80. The van der Waals surface area contributed by atoms with Gasteiger partial charge in [-0.25, -0.2) is 0 Å². The van der Waals surface area contributed by atoms with Gasteiger partial charge in [-0.3, -0.25) is 4.79 Å². The van der Waals surface area contributed by atoms with Crippen LogP contribution in [-0.2, 0) is 9.53 Å². The number of azo groups is 1. The lowest BCUT2D eigenvalue weighted by atomic mass is 10.2. The maximum atomic E-state index is 11.2. The highest BCUT2D eigenvalue weighted by molar-refractivity contribution is 5.94. The van der Waals surface area contributed by atoms with Gasteiger partial charge in [0, 0.05) is 12.5 Å². The second kappa shape index (κ2) is 4.97. The molecule has 0 radical (unpaired) electrons. The number of nitrogens with one attached hydrogen (secondary N) is 1. The first-order valence-corrected chi connectivity index (χ1v) is 5.36. The number of aromatic hydroxyl groups is 1. The van der Waals surface area contributed by atoms with Gasteiger partial charge in [-0.1, -0.05) is 11.6 Å². The monoisotopic (exact) mass is 247 g/mol. The molecular formula is C12H13N3O3. The Morgan fingerprint density at radius 1 is 1.50 bits per heavy atom. The first kappa shape index (κ1) is 12.3. The van der Waals surface area contributed by atoms with Crippen molar-refractivity contribution in [2.24, 2.45) is 10.2 Å². The molecule has 94 valence electrons. The molecule has 0 spiro atoms. The van der Waals surface area contributed by atoms with Gasteiger partial charge in [-0.2, -0.15) is 0 Å². The first-order chi connectivity index (χ1) is 8.61. The smallest absolute Gasteiger partial charge is 0.290 e. The van der Waals surface area contributed by atoms with Gasteiger partial charge in [0.1, 0.15) is 6.61 Å². The van der Waals surface area contributed by atoms with Crippen LogP contribution in [0.2, 0.25) is 0 Å². The van der Waals surface area contributed by atoms with Crippen LogP contribution < -0.4 is 0 Å². The number of ether oxygens (including phenoxy) is 1. The summed E-state index contributed by atoms with van der Waals surface area (Å²) in [7, 11) is 1.40. The van der Waals surface area contributed by atoms with Crippen molar-refractivity contribution in [1.29, 1.82) is 0 Å². The number of fused-ring (bicyclic) bond motifs is 1. The van der Waals surface area contributed by atoms with Crippen molar-refractivity contribution >= 4 is 22.5 Å². The van der Waals surface area contributed by atoms with Crippen molar-refractivity contribution < 1.29 is 14.6 Å². The molecule has 2 N–H and O–H groups in total. The molecule has 0 unspecified atom stereocenters. The van der Waals surface area contributed by atoms with Crippen LogP contribution in [0.15, 0.2) is 28.4 Å². The van der Waals surface area contributed by atoms with Crippen molar-refractivity contribution in [3.63, 3.8) is 0 Å². The lowest BCUT2D eigenvalue weighted by Gasteiger charge is -1.94. The molecule has 1 aromatic carbocycles. The molecule has 6 heteroatoms. The van der Waals surface area contributed by atoms with Crippen LogP contribution in [0.3, 0.4) is 0 Å². The van der Waals surface area contributed by atoms with Crippen LogP contribution in [0.1, 0.15) is 5.56 Å². The van der Waals surface area contributed by atoms with E-state index in [4.69, 9.17) is 0 Å². The molecule has 0 aliphatic carbocycles. The number of nitrogens with zero attached hydrogens (tertiary/aromatic N) is 2. The molecule has 1 amide bonds. The number of aromatic amines is 1. The van der Waals surface area contributed by atoms with Crippen LogP contribution >= 0.6 is 0 Å². The second-order valence-electron chi connectivity index (χ2n) is 3.90. The van der Waals surface area contributed by atoms with Crippen molar-refractivity contribution in [2.75, 3.05) is 13.7 Å². The van der Waals surface area contributed by atoms with E-state index in [0.717, 1.165) is 16.5 Å². The van der Waals surface area contributed by atoms with Gasteiger partial charge in [0.2, 0.25) is 5.88 Å². The van der Waals surface area contributed by atoms with Gasteiger partial charge in [0.05, 0.1) is 5.52 Å². The minimum atomic E-state index is -0.501. The topological polar surface area (TPSA) is 87.0 Å². The number of hydrogen-bond acceptors (Lipinski definition) is 4. The molecular weight excluding hydrogens is 234 g/mol. The maximum Gasteiger partial charge on any atom is 0.290 e. The molecule has 1 heterocycles. The fourth-order valence-electron chi connectivity index (χ4n) is 1.64. The molecule has 0 fully saturated rings. The molecule has 0 bridgehead atoms. The van der Waals surface area contributed by atoms with Gasteiger partial charge in [0.15, 0.2) is 5.69 Å². The number of amides is 1. The standard InChI is InChI=1S/C12H13N3O3/c1-7-3-4-9-8(5-7)11(12(17)13-9)15-14-10(16)6-18-2/h3-5,13,17H,6H2,1-2H3. The number of carbonyl (C=O) groups is 1. The third kappa shape index (κ3) is 2.38. The number of benzene rings is 1. The number of aryl methyl sites for hydroxylation is 1. The zero-order chi connectivity index (χ0) is 13.1. The second-order valence-corrected chi connectivity index (χ2v) is 3.90. The summed E-state index contributed by atoms with van der Waals surface area (Å²) in [5.41, 5.74) is 2.03. The van der Waals surface area contributed by atoms with E-state index >= 15 is 0 Å². The van der Waals surface area contributed by atoms with Crippen LogP contribution in [-0.4, -0.2) is 29.7 Å². The van der Waals surface area contributed by atoms with Gasteiger partial charge in [-0.05, 0) is 19.1 Å². The van der Waals surface area contributed by atoms with Crippen LogP contribution in [0.25, 0.3) is 10.9 Å². The summed E-state index contributed by atoms with van der Waals surface area (Å²) in [4.78, 5) is 13.9.